The lowest BCUT2D eigenvalue weighted by atomic mass is 10.1. The predicted octanol–water partition coefficient (Wildman–Crippen LogP) is 3.15. The third kappa shape index (κ3) is 2.36. The van der Waals surface area contributed by atoms with Gasteiger partial charge in [0.15, 0.2) is 5.78 Å². The zero-order chi connectivity index (χ0) is 10.0. The summed E-state index contributed by atoms with van der Waals surface area (Å²) in [4.78, 5) is 11.2. The van der Waals surface area contributed by atoms with Crippen LogP contribution in [0.2, 0.25) is 10.0 Å². The van der Waals surface area contributed by atoms with Crippen LogP contribution in [0.15, 0.2) is 12.1 Å². The zero-order valence-corrected chi connectivity index (χ0v) is 9.58. The highest BCUT2D eigenvalue weighted by Gasteiger charge is 2.09. The summed E-state index contributed by atoms with van der Waals surface area (Å²) >= 11 is 14.5. The number of anilines is 1. The standard InChI is InChI=1S/C8H6BrCl2NO/c9-3-7(13)4-1-5(10)8(12)6(11)2-4/h1-2H,3,12H2. The number of benzene rings is 1. The molecular weight excluding hydrogens is 277 g/mol. The van der Waals surface area contributed by atoms with Crippen molar-refractivity contribution in [3.63, 3.8) is 0 Å². The number of nitrogens with two attached hydrogens (primary N) is 1. The van der Waals surface area contributed by atoms with Gasteiger partial charge in [-0.3, -0.25) is 4.79 Å². The number of hydrogen-bond acceptors (Lipinski definition) is 2. The maximum absolute atomic E-state index is 11.2. The molecule has 0 saturated heterocycles. The first-order valence-corrected chi connectivity index (χ1v) is 5.27. The number of alkyl halides is 1. The van der Waals surface area contributed by atoms with E-state index in [0.29, 0.717) is 21.3 Å². The molecule has 0 aliphatic carbocycles. The molecule has 1 aromatic rings. The molecule has 2 nitrogen and oxygen atoms in total. The summed E-state index contributed by atoms with van der Waals surface area (Å²) in [5.41, 5.74) is 6.27. The molecule has 0 saturated carbocycles. The molecule has 0 atom stereocenters. The number of halogens is 3. The molecule has 0 aromatic heterocycles. The van der Waals surface area contributed by atoms with E-state index in [0.717, 1.165) is 0 Å². The average molecular weight is 283 g/mol. The van der Waals surface area contributed by atoms with Crippen LogP contribution in [0, 0.1) is 0 Å². The molecule has 5 heteroatoms. The molecule has 70 valence electrons. The van der Waals surface area contributed by atoms with E-state index in [-0.39, 0.29) is 11.1 Å². The van der Waals surface area contributed by atoms with Gasteiger partial charge in [-0.05, 0) is 12.1 Å². The topological polar surface area (TPSA) is 43.1 Å². The largest absolute Gasteiger partial charge is 0.396 e. The zero-order valence-electron chi connectivity index (χ0n) is 6.48. The molecule has 0 heterocycles. The quantitative estimate of drug-likeness (QED) is 0.514. The third-order valence-electron chi connectivity index (χ3n) is 1.52. The fraction of sp³-hybridized carbons (Fsp3) is 0.125. The molecule has 1 rings (SSSR count). The Hall–Kier alpha value is -0.250. The van der Waals surface area contributed by atoms with Gasteiger partial charge in [0.2, 0.25) is 0 Å². The van der Waals surface area contributed by atoms with Crippen molar-refractivity contribution < 1.29 is 4.79 Å². The summed E-state index contributed by atoms with van der Waals surface area (Å²) in [7, 11) is 0. The van der Waals surface area contributed by atoms with Crippen LogP contribution in [-0.2, 0) is 0 Å². The minimum absolute atomic E-state index is 0.0798. The predicted molar refractivity (Wildman–Crippen MR) is 59.0 cm³/mol. The van der Waals surface area contributed by atoms with Crippen LogP contribution in [0.1, 0.15) is 10.4 Å². The van der Waals surface area contributed by atoms with E-state index < -0.39 is 0 Å². The van der Waals surface area contributed by atoms with Gasteiger partial charge in [-0.1, -0.05) is 39.1 Å². The second-order valence-electron chi connectivity index (χ2n) is 2.41. The Morgan fingerprint density at radius 3 is 2.23 bits per heavy atom. The third-order valence-corrected chi connectivity index (χ3v) is 2.66. The number of ketones is 1. The van der Waals surface area contributed by atoms with E-state index in [1.54, 1.807) is 0 Å². The van der Waals surface area contributed by atoms with Gasteiger partial charge in [0.25, 0.3) is 0 Å². The summed E-state index contributed by atoms with van der Waals surface area (Å²) in [5.74, 6) is -0.0798. The monoisotopic (exact) mass is 281 g/mol. The number of rotatable bonds is 2. The van der Waals surface area contributed by atoms with Gasteiger partial charge in [-0.15, -0.1) is 0 Å². The van der Waals surface area contributed by atoms with Gasteiger partial charge in [0.1, 0.15) is 0 Å². The lowest BCUT2D eigenvalue weighted by molar-refractivity contribution is 0.102. The van der Waals surface area contributed by atoms with Crippen LogP contribution in [0.25, 0.3) is 0 Å². The minimum atomic E-state index is -0.0798. The number of carbonyl (C=O) groups excluding carboxylic acids is 1. The van der Waals surface area contributed by atoms with E-state index in [2.05, 4.69) is 15.9 Å². The van der Waals surface area contributed by atoms with Crippen molar-refractivity contribution in [1.82, 2.24) is 0 Å². The first kappa shape index (κ1) is 10.8. The van der Waals surface area contributed by atoms with E-state index in [1.807, 2.05) is 0 Å². The van der Waals surface area contributed by atoms with Gasteiger partial charge in [-0.2, -0.15) is 0 Å². The summed E-state index contributed by atoms with van der Waals surface area (Å²) in [6.45, 7) is 0. The van der Waals surface area contributed by atoms with Gasteiger partial charge < -0.3 is 5.73 Å². The fourth-order valence-corrected chi connectivity index (χ4v) is 1.63. The average Bonchev–Trinajstić information content (AvgIpc) is 2.12. The Labute approximate surface area is 94.1 Å². The van der Waals surface area contributed by atoms with E-state index in [1.165, 1.54) is 12.1 Å². The summed E-state index contributed by atoms with van der Waals surface area (Å²) < 4.78 is 0. The molecule has 0 spiro atoms. The Kier molecular flexibility index (Phi) is 3.59. The van der Waals surface area contributed by atoms with Crippen molar-refractivity contribution >= 4 is 50.6 Å². The number of nitrogen functional groups attached to an aromatic ring is 1. The van der Waals surface area contributed by atoms with Gasteiger partial charge >= 0.3 is 0 Å². The Balaban J connectivity index is 3.20. The van der Waals surface area contributed by atoms with Crippen LogP contribution in [0.4, 0.5) is 5.69 Å². The summed E-state index contributed by atoms with van der Waals surface area (Å²) in [6.07, 6.45) is 0. The van der Waals surface area contributed by atoms with Crippen LogP contribution in [-0.4, -0.2) is 11.1 Å². The van der Waals surface area contributed by atoms with Crippen molar-refractivity contribution in [2.45, 2.75) is 0 Å². The van der Waals surface area contributed by atoms with Crippen LogP contribution >= 0.6 is 39.1 Å². The van der Waals surface area contributed by atoms with Gasteiger partial charge in [0.05, 0.1) is 21.1 Å². The maximum Gasteiger partial charge on any atom is 0.173 e. The maximum atomic E-state index is 11.2. The van der Waals surface area contributed by atoms with Crippen molar-refractivity contribution in [2.24, 2.45) is 0 Å². The van der Waals surface area contributed by atoms with Crippen molar-refractivity contribution in [3.05, 3.63) is 27.7 Å². The highest BCUT2D eigenvalue weighted by atomic mass is 79.9. The number of hydrogen-bond donors (Lipinski definition) is 1. The van der Waals surface area contributed by atoms with Crippen LogP contribution < -0.4 is 5.73 Å². The van der Waals surface area contributed by atoms with Crippen molar-refractivity contribution in [3.8, 4) is 0 Å². The van der Waals surface area contributed by atoms with Crippen LogP contribution in [0.5, 0.6) is 0 Å². The number of carbonyl (C=O) groups is 1. The SMILES string of the molecule is Nc1c(Cl)cc(C(=O)CBr)cc1Cl. The van der Waals surface area contributed by atoms with Gasteiger partial charge in [0, 0.05) is 5.56 Å². The molecule has 0 aliphatic heterocycles. The number of Topliss-reactive ketones (excluding diaryl/α,β-unsaturated/α-hetero) is 1. The molecule has 2 N–H and O–H groups in total. The van der Waals surface area contributed by atoms with Crippen molar-refractivity contribution in [1.29, 1.82) is 0 Å². The van der Waals surface area contributed by atoms with Crippen molar-refractivity contribution in [2.75, 3.05) is 11.1 Å². The van der Waals surface area contributed by atoms with Crippen LogP contribution in [0.3, 0.4) is 0 Å². The normalized spacial score (nSPS) is 10.1. The second kappa shape index (κ2) is 4.31. The fourth-order valence-electron chi connectivity index (χ4n) is 0.822. The lowest BCUT2D eigenvalue weighted by Gasteiger charge is -2.03. The minimum Gasteiger partial charge on any atom is -0.396 e. The lowest BCUT2D eigenvalue weighted by Crippen LogP contribution is -2.01. The van der Waals surface area contributed by atoms with E-state index in [4.69, 9.17) is 28.9 Å². The Morgan fingerprint density at radius 1 is 1.38 bits per heavy atom. The Bertz CT molecular complexity index is 331. The Morgan fingerprint density at radius 2 is 1.85 bits per heavy atom. The molecule has 0 amide bonds. The highest BCUT2D eigenvalue weighted by molar-refractivity contribution is 9.09. The first-order valence-electron chi connectivity index (χ1n) is 3.40. The van der Waals surface area contributed by atoms with E-state index in [9.17, 15) is 4.79 Å². The molecule has 0 radical (unpaired) electrons. The first-order chi connectivity index (χ1) is 6.06. The highest BCUT2D eigenvalue weighted by Crippen LogP contribution is 2.29. The summed E-state index contributed by atoms with van der Waals surface area (Å²) in [6, 6.07) is 3.01. The van der Waals surface area contributed by atoms with Gasteiger partial charge in [-0.25, -0.2) is 0 Å². The molecule has 0 unspecified atom stereocenters. The second-order valence-corrected chi connectivity index (χ2v) is 3.79. The molecule has 13 heavy (non-hydrogen) atoms. The van der Waals surface area contributed by atoms with E-state index >= 15 is 0 Å². The molecule has 0 fully saturated rings. The summed E-state index contributed by atoms with van der Waals surface area (Å²) in [5, 5.41) is 0.845. The molecule has 1 aromatic carbocycles. The molecule has 0 bridgehead atoms. The smallest absolute Gasteiger partial charge is 0.173 e. The molecule has 0 aliphatic rings. The molecular formula is C8H6BrCl2NO.